The van der Waals surface area contributed by atoms with E-state index >= 15 is 0 Å². The highest BCUT2D eigenvalue weighted by molar-refractivity contribution is 6.29. The molecule has 0 amide bonds. The molecule has 0 aromatic heterocycles. The zero-order chi connectivity index (χ0) is 13.8. The Bertz CT molecular complexity index is 559. The third-order valence-electron chi connectivity index (χ3n) is 3.63. The van der Waals surface area contributed by atoms with Gasteiger partial charge in [-0.15, -0.1) is 0 Å². The van der Waals surface area contributed by atoms with Crippen LogP contribution in [0.5, 0.6) is 0 Å². The number of carbonyl (C=O) groups is 1. The lowest BCUT2D eigenvalue weighted by Gasteiger charge is -2.10. The summed E-state index contributed by atoms with van der Waals surface area (Å²) in [7, 11) is 0. The molecule has 1 nitrogen and oxygen atoms in total. The van der Waals surface area contributed by atoms with Crippen molar-refractivity contribution in [3.8, 4) is 0 Å². The summed E-state index contributed by atoms with van der Waals surface area (Å²) >= 11 is 0. The Morgan fingerprint density at radius 2 is 1.79 bits per heavy atom. The van der Waals surface area contributed by atoms with Crippen molar-refractivity contribution in [3.05, 3.63) is 65.3 Å². The van der Waals surface area contributed by atoms with E-state index < -0.39 is 0 Å². The minimum atomic E-state index is 0.171. The average molecular weight is 252 g/mol. The smallest absolute Gasteiger partial charge is 0.189 e. The normalized spacial score (nSPS) is 15.8. The van der Waals surface area contributed by atoms with Crippen molar-refractivity contribution < 1.29 is 4.79 Å². The summed E-state index contributed by atoms with van der Waals surface area (Å²) in [5.41, 5.74) is 4.96. The number of Topliss-reactive ketones (excluding diaryl/α,β-unsaturated/α-hetero) is 1. The van der Waals surface area contributed by atoms with Crippen LogP contribution in [0, 0.1) is 0 Å². The van der Waals surface area contributed by atoms with Crippen molar-refractivity contribution in [3.63, 3.8) is 0 Å². The first-order valence-electron chi connectivity index (χ1n) is 6.79. The SMILES string of the molecule is C=C(C)C1=C(C(=O)C(=CC)c2ccccc2)CCC1. The molecule has 0 unspecified atom stereocenters. The highest BCUT2D eigenvalue weighted by Gasteiger charge is 2.23. The van der Waals surface area contributed by atoms with Crippen LogP contribution < -0.4 is 0 Å². The van der Waals surface area contributed by atoms with E-state index in [2.05, 4.69) is 6.58 Å². The van der Waals surface area contributed by atoms with Crippen molar-refractivity contribution in [2.45, 2.75) is 33.1 Å². The third-order valence-corrected chi connectivity index (χ3v) is 3.63. The Morgan fingerprint density at radius 3 is 2.37 bits per heavy atom. The Kier molecular flexibility index (Phi) is 4.16. The van der Waals surface area contributed by atoms with Gasteiger partial charge in [0.1, 0.15) is 0 Å². The fourth-order valence-corrected chi connectivity index (χ4v) is 2.67. The van der Waals surface area contributed by atoms with E-state index in [1.54, 1.807) is 0 Å². The van der Waals surface area contributed by atoms with E-state index in [9.17, 15) is 4.79 Å². The van der Waals surface area contributed by atoms with Crippen LogP contribution in [0.1, 0.15) is 38.7 Å². The lowest BCUT2D eigenvalue weighted by molar-refractivity contribution is -0.110. The topological polar surface area (TPSA) is 17.1 Å². The molecule has 0 spiro atoms. The molecule has 1 aromatic carbocycles. The van der Waals surface area contributed by atoms with Gasteiger partial charge < -0.3 is 0 Å². The quantitative estimate of drug-likeness (QED) is 0.709. The summed E-state index contributed by atoms with van der Waals surface area (Å²) in [6.45, 7) is 7.92. The summed E-state index contributed by atoms with van der Waals surface area (Å²) in [6.07, 6.45) is 4.85. The molecule has 2 rings (SSSR count). The molecule has 1 aromatic rings. The number of benzene rings is 1. The molecule has 0 heterocycles. The second-order valence-electron chi connectivity index (χ2n) is 4.99. The van der Waals surface area contributed by atoms with Crippen LogP contribution in [-0.4, -0.2) is 5.78 Å². The fourth-order valence-electron chi connectivity index (χ4n) is 2.67. The van der Waals surface area contributed by atoms with Gasteiger partial charge in [0.25, 0.3) is 0 Å². The minimum absolute atomic E-state index is 0.171. The number of ketones is 1. The zero-order valence-electron chi connectivity index (χ0n) is 11.7. The zero-order valence-corrected chi connectivity index (χ0v) is 11.7. The second kappa shape index (κ2) is 5.83. The summed E-state index contributed by atoms with van der Waals surface area (Å²) in [4.78, 5) is 12.7. The molecule has 1 aliphatic rings. The molecule has 0 saturated heterocycles. The summed E-state index contributed by atoms with van der Waals surface area (Å²) in [5.74, 6) is 0.171. The molecule has 98 valence electrons. The number of carbonyl (C=O) groups excluding carboxylic acids is 1. The van der Waals surface area contributed by atoms with Crippen LogP contribution in [0.25, 0.3) is 5.57 Å². The van der Waals surface area contributed by atoms with Gasteiger partial charge in [-0.25, -0.2) is 0 Å². The van der Waals surface area contributed by atoms with E-state index in [1.165, 1.54) is 5.57 Å². The lowest BCUT2D eigenvalue weighted by Crippen LogP contribution is -2.06. The highest BCUT2D eigenvalue weighted by atomic mass is 16.1. The van der Waals surface area contributed by atoms with Gasteiger partial charge in [-0.2, -0.15) is 0 Å². The number of hydrogen-bond donors (Lipinski definition) is 0. The molecular formula is C18H20O. The highest BCUT2D eigenvalue weighted by Crippen LogP contribution is 2.34. The van der Waals surface area contributed by atoms with Crippen LogP contribution >= 0.6 is 0 Å². The molecule has 0 N–H and O–H groups in total. The van der Waals surface area contributed by atoms with Gasteiger partial charge in [-0.05, 0) is 44.2 Å². The van der Waals surface area contributed by atoms with Crippen LogP contribution in [0.4, 0.5) is 0 Å². The average Bonchev–Trinajstić information content (AvgIpc) is 2.90. The van der Waals surface area contributed by atoms with Crippen LogP contribution in [0.15, 0.2) is 59.7 Å². The summed E-state index contributed by atoms with van der Waals surface area (Å²) in [5, 5.41) is 0. The molecule has 0 fully saturated rings. The Labute approximate surface area is 115 Å². The first-order chi connectivity index (χ1) is 9.15. The molecular weight excluding hydrogens is 232 g/mol. The summed E-state index contributed by atoms with van der Waals surface area (Å²) < 4.78 is 0. The first-order valence-corrected chi connectivity index (χ1v) is 6.79. The maximum Gasteiger partial charge on any atom is 0.189 e. The van der Waals surface area contributed by atoms with Gasteiger partial charge in [-0.1, -0.05) is 48.6 Å². The van der Waals surface area contributed by atoms with Crippen molar-refractivity contribution in [2.75, 3.05) is 0 Å². The predicted octanol–water partition coefficient (Wildman–Crippen LogP) is 4.72. The molecule has 19 heavy (non-hydrogen) atoms. The lowest BCUT2D eigenvalue weighted by atomic mass is 9.93. The molecule has 0 saturated carbocycles. The molecule has 1 aliphatic carbocycles. The van der Waals surface area contributed by atoms with Crippen LogP contribution in [0.2, 0.25) is 0 Å². The molecule has 0 radical (unpaired) electrons. The van der Waals surface area contributed by atoms with Gasteiger partial charge in [0.15, 0.2) is 5.78 Å². The summed E-state index contributed by atoms with van der Waals surface area (Å²) in [6, 6.07) is 9.88. The maximum absolute atomic E-state index is 12.7. The number of hydrogen-bond acceptors (Lipinski definition) is 1. The minimum Gasteiger partial charge on any atom is -0.289 e. The van der Waals surface area contributed by atoms with Crippen molar-refractivity contribution in [1.82, 2.24) is 0 Å². The molecule has 1 heteroatoms. The van der Waals surface area contributed by atoms with E-state index in [1.807, 2.05) is 50.3 Å². The fraction of sp³-hybridized carbons (Fsp3) is 0.278. The molecule has 0 aliphatic heterocycles. The predicted molar refractivity (Wildman–Crippen MR) is 80.8 cm³/mol. The molecule has 0 atom stereocenters. The van der Waals surface area contributed by atoms with Gasteiger partial charge >= 0.3 is 0 Å². The Morgan fingerprint density at radius 1 is 1.16 bits per heavy atom. The molecule has 0 bridgehead atoms. The van der Waals surface area contributed by atoms with E-state index in [4.69, 9.17) is 0 Å². The van der Waals surface area contributed by atoms with Gasteiger partial charge in [-0.3, -0.25) is 4.79 Å². The van der Waals surface area contributed by atoms with E-state index in [0.29, 0.717) is 0 Å². The standard InChI is InChI=1S/C18H20O/c1-4-15(14-9-6-5-7-10-14)18(19)17-12-8-11-16(17)13(2)3/h4-7,9-10H,2,8,11-12H2,1,3H3. The van der Waals surface area contributed by atoms with Crippen molar-refractivity contribution >= 4 is 11.4 Å². The van der Waals surface area contributed by atoms with Crippen LogP contribution in [0.3, 0.4) is 0 Å². The van der Waals surface area contributed by atoms with E-state index in [-0.39, 0.29) is 5.78 Å². The van der Waals surface area contributed by atoms with Gasteiger partial charge in [0, 0.05) is 11.1 Å². The number of rotatable bonds is 4. The second-order valence-corrected chi connectivity index (χ2v) is 4.99. The largest absolute Gasteiger partial charge is 0.289 e. The Hall–Kier alpha value is -1.89. The first kappa shape index (κ1) is 13.5. The number of allylic oxidation sites excluding steroid dienone is 5. The van der Waals surface area contributed by atoms with Crippen molar-refractivity contribution in [1.29, 1.82) is 0 Å². The monoisotopic (exact) mass is 252 g/mol. The third kappa shape index (κ3) is 2.76. The van der Waals surface area contributed by atoms with Gasteiger partial charge in [0.05, 0.1) is 0 Å². The van der Waals surface area contributed by atoms with Gasteiger partial charge in [0.2, 0.25) is 0 Å². The Balaban J connectivity index is 2.39. The van der Waals surface area contributed by atoms with Crippen LogP contribution in [-0.2, 0) is 4.79 Å². The van der Waals surface area contributed by atoms with E-state index in [0.717, 1.165) is 41.5 Å². The van der Waals surface area contributed by atoms with Crippen molar-refractivity contribution in [2.24, 2.45) is 0 Å². The maximum atomic E-state index is 12.7.